The van der Waals surface area contributed by atoms with Gasteiger partial charge in [0.15, 0.2) is 5.65 Å². The first-order chi connectivity index (χ1) is 9.35. The molecule has 100 valence electrons. The molecule has 4 heterocycles. The predicted molar refractivity (Wildman–Crippen MR) is 73.2 cm³/mol. The van der Waals surface area contributed by atoms with E-state index >= 15 is 0 Å². The van der Waals surface area contributed by atoms with E-state index in [0.717, 1.165) is 37.3 Å². The van der Waals surface area contributed by atoms with Gasteiger partial charge >= 0.3 is 0 Å². The molecule has 0 atom stereocenters. The molecule has 4 rings (SSSR count). The highest BCUT2D eigenvalue weighted by Gasteiger charge is 2.39. The number of H-pyrrole nitrogens is 1. The van der Waals surface area contributed by atoms with Gasteiger partial charge in [0.1, 0.15) is 0 Å². The summed E-state index contributed by atoms with van der Waals surface area (Å²) < 4.78 is 5.50. The lowest BCUT2D eigenvalue weighted by Crippen LogP contribution is -2.33. The molecular weight excluding hydrogens is 240 g/mol. The molecule has 0 bridgehead atoms. The Bertz CT molecular complexity index is 588. The van der Waals surface area contributed by atoms with Gasteiger partial charge in [-0.25, -0.2) is 4.98 Å². The van der Waals surface area contributed by atoms with Crippen LogP contribution in [0.5, 0.6) is 0 Å². The Morgan fingerprint density at radius 2 is 2.11 bits per heavy atom. The van der Waals surface area contributed by atoms with Crippen LogP contribution in [0, 0.1) is 5.41 Å². The van der Waals surface area contributed by atoms with Gasteiger partial charge in [0.25, 0.3) is 0 Å². The molecule has 2 fully saturated rings. The highest BCUT2D eigenvalue weighted by molar-refractivity contribution is 5.77. The van der Waals surface area contributed by atoms with Crippen LogP contribution in [0.2, 0.25) is 0 Å². The molecule has 1 N–H and O–H groups in total. The van der Waals surface area contributed by atoms with Crippen LogP contribution in [0.4, 0.5) is 5.69 Å². The fourth-order valence-electron chi connectivity index (χ4n) is 3.37. The van der Waals surface area contributed by atoms with E-state index in [9.17, 15) is 0 Å². The molecule has 0 radical (unpaired) electrons. The van der Waals surface area contributed by atoms with Crippen molar-refractivity contribution in [3.63, 3.8) is 0 Å². The normalized spacial score (nSPS) is 22.4. The molecule has 1 spiro atoms. The topological polar surface area (TPSA) is 54.0 Å². The number of nitrogens with zero attached hydrogens (tertiary/aromatic N) is 3. The van der Waals surface area contributed by atoms with Crippen LogP contribution >= 0.6 is 0 Å². The van der Waals surface area contributed by atoms with Crippen LogP contribution in [0.25, 0.3) is 11.0 Å². The Balaban J connectivity index is 1.59. The molecule has 0 amide bonds. The van der Waals surface area contributed by atoms with Gasteiger partial charge in [-0.15, -0.1) is 0 Å². The van der Waals surface area contributed by atoms with E-state index in [2.05, 4.69) is 26.1 Å². The molecule has 0 aromatic carbocycles. The van der Waals surface area contributed by atoms with Crippen LogP contribution in [0.3, 0.4) is 0 Å². The van der Waals surface area contributed by atoms with E-state index in [1.165, 1.54) is 24.9 Å². The smallest absolute Gasteiger partial charge is 0.155 e. The van der Waals surface area contributed by atoms with Crippen molar-refractivity contribution in [2.75, 3.05) is 31.2 Å². The van der Waals surface area contributed by atoms with Gasteiger partial charge in [0.05, 0.1) is 18.1 Å². The summed E-state index contributed by atoms with van der Waals surface area (Å²) in [6, 6.07) is 2.18. The molecule has 2 saturated heterocycles. The lowest BCUT2D eigenvalue weighted by Gasteiger charge is -2.33. The number of fused-ring (bicyclic) bond motifs is 1. The van der Waals surface area contributed by atoms with Crippen molar-refractivity contribution in [1.29, 1.82) is 0 Å². The fraction of sp³-hybridized carbons (Fsp3) is 0.571. The van der Waals surface area contributed by atoms with Crippen LogP contribution in [-0.2, 0) is 4.74 Å². The largest absolute Gasteiger partial charge is 0.381 e. The minimum atomic E-state index is 0.476. The molecule has 5 heteroatoms. The Labute approximate surface area is 112 Å². The van der Waals surface area contributed by atoms with Crippen LogP contribution in [0.1, 0.15) is 19.3 Å². The van der Waals surface area contributed by atoms with Gasteiger partial charge in [-0.3, -0.25) is 5.10 Å². The lowest BCUT2D eigenvalue weighted by molar-refractivity contribution is 0.0254. The second-order valence-electron chi connectivity index (χ2n) is 5.79. The third-order valence-electron chi connectivity index (χ3n) is 4.63. The summed E-state index contributed by atoms with van der Waals surface area (Å²) in [5.74, 6) is 0. The number of ether oxygens (including phenoxy) is 1. The van der Waals surface area contributed by atoms with Gasteiger partial charge in [0, 0.05) is 31.7 Å². The Morgan fingerprint density at radius 1 is 1.21 bits per heavy atom. The Morgan fingerprint density at radius 3 is 3.00 bits per heavy atom. The molecule has 2 aromatic rings. The third kappa shape index (κ3) is 1.89. The van der Waals surface area contributed by atoms with Crippen molar-refractivity contribution in [2.24, 2.45) is 5.41 Å². The van der Waals surface area contributed by atoms with Gasteiger partial charge in [-0.05, 0) is 30.7 Å². The molecule has 0 aliphatic carbocycles. The maximum atomic E-state index is 5.50. The molecule has 2 aromatic heterocycles. The molecular formula is C14H18N4O. The van der Waals surface area contributed by atoms with Crippen molar-refractivity contribution in [3.8, 4) is 0 Å². The van der Waals surface area contributed by atoms with E-state index in [4.69, 9.17) is 4.74 Å². The number of hydrogen-bond acceptors (Lipinski definition) is 4. The number of anilines is 1. The van der Waals surface area contributed by atoms with Gasteiger partial charge in [-0.1, -0.05) is 0 Å². The van der Waals surface area contributed by atoms with Crippen molar-refractivity contribution in [1.82, 2.24) is 15.2 Å². The molecule has 0 unspecified atom stereocenters. The van der Waals surface area contributed by atoms with Crippen LogP contribution in [0.15, 0.2) is 18.5 Å². The third-order valence-corrected chi connectivity index (χ3v) is 4.63. The maximum absolute atomic E-state index is 5.50. The standard InChI is InChI=1S/C14H18N4O/c1-4-18(10-14(1)2-5-19-6-3-14)12-7-11-8-16-17-13(11)15-9-12/h7-9H,1-6,10H2,(H,15,16,17). The summed E-state index contributed by atoms with van der Waals surface area (Å²) in [4.78, 5) is 6.90. The summed E-state index contributed by atoms with van der Waals surface area (Å²) in [6.45, 7) is 4.12. The first kappa shape index (κ1) is 11.2. The number of rotatable bonds is 1. The summed E-state index contributed by atoms with van der Waals surface area (Å²) in [6.07, 6.45) is 7.47. The van der Waals surface area contributed by atoms with Crippen molar-refractivity contribution >= 4 is 16.7 Å². The highest BCUT2D eigenvalue weighted by Crippen LogP contribution is 2.41. The van der Waals surface area contributed by atoms with E-state index in [0.29, 0.717) is 5.41 Å². The van der Waals surface area contributed by atoms with E-state index in [-0.39, 0.29) is 0 Å². The van der Waals surface area contributed by atoms with Crippen molar-refractivity contribution in [2.45, 2.75) is 19.3 Å². The zero-order valence-electron chi connectivity index (χ0n) is 10.9. The average Bonchev–Trinajstić information content (AvgIpc) is 3.06. The van der Waals surface area contributed by atoms with Gasteiger partial charge in [0.2, 0.25) is 0 Å². The quantitative estimate of drug-likeness (QED) is 0.849. The zero-order valence-corrected chi connectivity index (χ0v) is 10.9. The predicted octanol–water partition coefficient (Wildman–Crippen LogP) is 1.96. The monoisotopic (exact) mass is 258 g/mol. The summed E-state index contributed by atoms with van der Waals surface area (Å²) in [5, 5.41) is 8.02. The van der Waals surface area contributed by atoms with E-state index < -0.39 is 0 Å². The Kier molecular flexibility index (Phi) is 2.48. The SMILES string of the molecule is c1nc2[nH]ncc2cc1N1CCC2(CCOCC2)C1. The number of aromatic nitrogens is 3. The first-order valence-corrected chi connectivity index (χ1v) is 6.97. The molecule has 5 nitrogen and oxygen atoms in total. The van der Waals surface area contributed by atoms with E-state index in [1.54, 1.807) is 0 Å². The number of pyridine rings is 1. The Hall–Kier alpha value is -1.62. The van der Waals surface area contributed by atoms with Crippen molar-refractivity contribution < 1.29 is 4.74 Å². The minimum absolute atomic E-state index is 0.476. The maximum Gasteiger partial charge on any atom is 0.155 e. The summed E-state index contributed by atoms with van der Waals surface area (Å²) in [7, 11) is 0. The highest BCUT2D eigenvalue weighted by atomic mass is 16.5. The zero-order chi connectivity index (χ0) is 12.7. The summed E-state index contributed by atoms with van der Waals surface area (Å²) in [5.41, 5.74) is 2.56. The molecule has 0 saturated carbocycles. The molecule has 2 aliphatic heterocycles. The molecule has 2 aliphatic rings. The molecule has 19 heavy (non-hydrogen) atoms. The second kappa shape index (κ2) is 4.20. The minimum Gasteiger partial charge on any atom is -0.381 e. The van der Waals surface area contributed by atoms with Crippen molar-refractivity contribution in [3.05, 3.63) is 18.5 Å². The number of aromatic amines is 1. The van der Waals surface area contributed by atoms with Gasteiger partial charge in [-0.2, -0.15) is 5.10 Å². The number of nitrogens with one attached hydrogen (secondary N) is 1. The van der Waals surface area contributed by atoms with Gasteiger partial charge < -0.3 is 9.64 Å². The first-order valence-electron chi connectivity index (χ1n) is 6.97. The van der Waals surface area contributed by atoms with Crippen LogP contribution < -0.4 is 4.90 Å². The summed E-state index contributed by atoms with van der Waals surface area (Å²) >= 11 is 0. The average molecular weight is 258 g/mol. The second-order valence-corrected chi connectivity index (χ2v) is 5.79. The van der Waals surface area contributed by atoms with Crippen LogP contribution in [-0.4, -0.2) is 41.5 Å². The fourth-order valence-corrected chi connectivity index (χ4v) is 3.37. The van der Waals surface area contributed by atoms with E-state index in [1.807, 2.05) is 12.4 Å². The lowest BCUT2D eigenvalue weighted by atomic mass is 9.80. The number of hydrogen-bond donors (Lipinski definition) is 1.